The van der Waals surface area contributed by atoms with Gasteiger partial charge in [0.05, 0.1) is 4.92 Å². The third kappa shape index (κ3) is 7.42. The molecule has 50 heavy (non-hydrogen) atoms. The Kier molecular flexibility index (Phi) is 9.78. The van der Waals surface area contributed by atoms with Gasteiger partial charge in [-0.25, -0.2) is 9.59 Å². The molecule has 0 aliphatic carbocycles. The highest BCUT2D eigenvalue weighted by Crippen LogP contribution is 2.42. The van der Waals surface area contributed by atoms with Crippen LogP contribution in [-0.2, 0) is 30.4 Å². The van der Waals surface area contributed by atoms with Crippen molar-refractivity contribution in [3.05, 3.63) is 135 Å². The summed E-state index contributed by atoms with van der Waals surface area (Å²) < 4.78 is 11.6. The van der Waals surface area contributed by atoms with Gasteiger partial charge < -0.3 is 19.7 Å². The molecular formula is C37H36N4O8S. The average molecular weight is 697 g/mol. The van der Waals surface area contributed by atoms with Gasteiger partial charge in [-0.3, -0.25) is 24.6 Å². The number of thioether (sulfide) groups is 1. The van der Waals surface area contributed by atoms with Crippen molar-refractivity contribution in [1.29, 1.82) is 0 Å². The number of likely N-dealkylation sites (tertiary alicyclic amines) is 1. The van der Waals surface area contributed by atoms with Crippen LogP contribution in [0.3, 0.4) is 0 Å². The Hall–Kier alpha value is -5.43. The molecule has 3 amide bonds. The van der Waals surface area contributed by atoms with Gasteiger partial charge in [0.25, 0.3) is 11.6 Å². The first-order chi connectivity index (χ1) is 23.9. The molecule has 0 radical (unpaired) electrons. The van der Waals surface area contributed by atoms with Gasteiger partial charge in [-0.05, 0) is 55.5 Å². The molecule has 3 aromatic rings. The van der Waals surface area contributed by atoms with Crippen LogP contribution in [-0.4, -0.2) is 67.9 Å². The summed E-state index contributed by atoms with van der Waals surface area (Å²) in [5, 5.41) is 13.1. The van der Waals surface area contributed by atoms with E-state index >= 15 is 0 Å². The van der Waals surface area contributed by atoms with Crippen molar-refractivity contribution in [2.45, 2.75) is 56.9 Å². The molecular weight excluding hydrogens is 660 g/mol. The van der Waals surface area contributed by atoms with E-state index in [0.717, 1.165) is 16.7 Å². The van der Waals surface area contributed by atoms with Crippen molar-refractivity contribution in [2.75, 3.05) is 12.3 Å². The third-order valence-electron chi connectivity index (χ3n) is 8.37. The van der Waals surface area contributed by atoms with E-state index in [4.69, 9.17) is 9.47 Å². The summed E-state index contributed by atoms with van der Waals surface area (Å²) in [6.07, 6.45) is 0.547. The molecule has 3 aliphatic rings. The number of nitro benzene ring substituents is 1. The van der Waals surface area contributed by atoms with E-state index in [1.54, 1.807) is 43.9 Å². The van der Waals surface area contributed by atoms with Gasteiger partial charge in [0.1, 0.15) is 22.7 Å². The van der Waals surface area contributed by atoms with Crippen molar-refractivity contribution >= 4 is 41.3 Å². The number of esters is 1. The fourth-order valence-corrected chi connectivity index (χ4v) is 7.34. The van der Waals surface area contributed by atoms with E-state index in [0.29, 0.717) is 24.1 Å². The smallest absolute Gasteiger partial charge is 0.408 e. The van der Waals surface area contributed by atoms with Crippen LogP contribution in [0.1, 0.15) is 50.0 Å². The molecule has 0 unspecified atom stereocenters. The number of nitro groups is 1. The minimum atomic E-state index is -0.920. The number of nitrogens with one attached hydrogen (secondary N) is 1. The van der Waals surface area contributed by atoms with E-state index in [1.165, 1.54) is 28.8 Å². The second kappa shape index (κ2) is 14.2. The summed E-state index contributed by atoms with van der Waals surface area (Å²) in [4.78, 5) is 67.7. The summed E-state index contributed by atoms with van der Waals surface area (Å²) in [7, 11) is 0. The lowest BCUT2D eigenvalue weighted by Gasteiger charge is -2.49. The highest BCUT2D eigenvalue weighted by Gasteiger charge is 2.55. The largest absolute Gasteiger partial charge is 0.448 e. The van der Waals surface area contributed by atoms with Gasteiger partial charge >= 0.3 is 12.1 Å². The van der Waals surface area contributed by atoms with E-state index < -0.39 is 46.0 Å². The maximum Gasteiger partial charge on any atom is 0.408 e. The van der Waals surface area contributed by atoms with Gasteiger partial charge in [-0.15, -0.1) is 11.8 Å². The number of β-lactam (4-membered cyclic amide) rings is 1. The highest BCUT2D eigenvalue weighted by atomic mass is 32.2. The first kappa shape index (κ1) is 34.4. The minimum Gasteiger partial charge on any atom is -0.448 e. The predicted octanol–water partition coefficient (Wildman–Crippen LogP) is 5.65. The van der Waals surface area contributed by atoms with Gasteiger partial charge in [-0.1, -0.05) is 72.8 Å². The zero-order chi connectivity index (χ0) is 35.6. The highest BCUT2D eigenvalue weighted by molar-refractivity contribution is 8.00. The van der Waals surface area contributed by atoms with Gasteiger partial charge in [0.15, 0.2) is 6.10 Å². The van der Waals surface area contributed by atoms with Crippen LogP contribution < -0.4 is 5.32 Å². The molecule has 6 rings (SSSR count). The number of alkyl carbamates (subject to hydrolysis) is 1. The maximum absolute atomic E-state index is 14.3. The van der Waals surface area contributed by atoms with E-state index in [-0.39, 0.29) is 29.6 Å². The average Bonchev–Trinajstić information content (AvgIpc) is 3.43. The fourth-order valence-electron chi connectivity index (χ4n) is 6.03. The lowest BCUT2D eigenvalue weighted by atomic mass is 10.00. The molecule has 0 aromatic heterocycles. The molecule has 0 bridgehead atoms. The first-order valence-corrected chi connectivity index (χ1v) is 17.2. The van der Waals surface area contributed by atoms with Crippen molar-refractivity contribution in [3.63, 3.8) is 0 Å². The number of carbonyl (C=O) groups excluding carboxylic acids is 4. The molecule has 3 heterocycles. The van der Waals surface area contributed by atoms with Crippen molar-refractivity contribution in [1.82, 2.24) is 15.1 Å². The molecule has 3 aromatic carbocycles. The second-order valence-corrected chi connectivity index (χ2v) is 14.2. The van der Waals surface area contributed by atoms with Crippen LogP contribution in [0, 0.1) is 10.1 Å². The van der Waals surface area contributed by atoms with E-state index in [9.17, 15) is 29.3 Å². The Morgan fingerprint density at radius 2 is 1.62 bits per heavy atom. The number of hydrogen-bond acceptors (Lipinski definition) is 9. The summed E-state index contributed by atoms with van der Waals surface area (Å²) in [6, 6.07) is 23.7. The molecule has 0 spiro atoms. The lowest BCUT2D eigenvalue weighted by Crippen LogP contribution is -2.70. The Balaban J connectivity index is 1.30. The molecule has 2 fully saturated rings. The summed E-state index contributed by atoms with van der Waals surface area (Å²) in [6.45, 7) is 5.85. The van der Waals surface area contributed by atoms with Gasteiger partial charge in [-0.2, -0.15) is 0 Å². The first-order valence-electron chi connectivity index (χ1n) is 16.1. The molecule has 13 heteroatoms. The number of allylic oxidation sites excluding steroid dienone is 1. The minimum absolute atomic E-state index is 0.0203. The summed E-state index contributed by atoms with van der Waals surface area (Å²) in [5.41, 5.74) is 2.36. The van der Waals surface area contributed by atoms with Crippen LogP contribution in [0.4, 0.5) is 10.5 Å². The number of carbonyl (C=O) groups is 4. The Bertz CT molecular complexity index is 1830. The van der Waals surface area contributed by atoms with Crippen LogP contribution >= 0.6 is 11.8 Å². The zero-order valence-electron chi connectivity index (χ0n) is 27.7. The standard InChI is InChI=1S/C37H36N4O8S/c1-37(2,3)49-36(45)38-29-33(43)40-30(35(44)48-31(24-10-6-4-7-11-24)25-12-8-5-9-13-25)27(22-50-34(29)40)20-26-18-19-39(32(26)42)21-23-14-16-28(17-15-23)41(46)47/h4-17,20,29,31,34H,18-19,21-22H2,1-3H3,(H,38,45)/b26-20+/t29-,34-/m1/s1. The number of rotatable bonds is 9. The van der Waals surface area contributed by atoms with Crippen molar-refractivity contribution in [2.24, 2.45) is 0 Å². The molecule has 2 saturated heterocycles. The quantitative estimate of drug-likeness (QED) is 0.0986. The number of fused-ring (bicyclic) bond motifs is 1. The number of non-ortho nitro benzene ring substituents is 1. The maximum atomic E-state index is 14.3. The second-order valence-electron chi connectivity index (χ2n) is 13.1. The van der Waals surface area contributed by atoms with Gasteiger partial charge in [0, 0.05) is 36.5 Å². The lowest BCUT2D eigenvalue weighted by molar-refractivity contribution is -0.384. The molecule has 2 atom stereocenters. The van der Waals surface area contributed by atoms with E-state index in [1.807, 2.05) is 60.7 Å². The van der Waals surface area contributed by atoms with Crippen LogP contribution in [0.5, 0.6) is 0 Å². The number of amides is 3. The van der Waals surface area contributed by atoms with Crippen LogP contribution in [0.2, 0.25) is 0 Å². The normalized spacial score (nSPS) is 19.7. The monoisotopic (exact) mass is 696 g/mol. The topological polar surface area (TPSA) is 148 Å². The zero-order valence-corrected chi connectivity index (χ0v) is 28.6. The van der Waals surface area contributed by atoms with Crippen LogP contribution in [0.15, 0.2) is 108 Å². The fraction of sp³-hybridized carbons (Fsp3) is 0.297. The molecule has 12 nitrogen and oxygen atoms in total. The molecule has 258 valence electrons. The van der Waals surface area contributed by atoms with Crippen molar-refractivity contribution < 1.29 is 33.6 Å². The Morgan fingerprint density at radius 1 is 1.00 bits per heavy atom. The summed E-state index contributed by atoms with van der Waals surface area (Å²) >= 11 is 1.36. The number of ether oxygens (including phenoxy) is 2. The van der Waals surface area contributed by atoms with E-state index in [2.05, 4.69) is 5.32 Å². The van der Waals surface area contributed by atoms with Crippen molar-refractivity contribution in [3.8, 4) is 0 Å². The summed E-state index contributed by atoms with van der Waals surface area (Å²) in [5.74, 6) is -1.20. The molecule has 3 aliphatic heterocycles. The Morgan fingerprint density at radius 3 is 2.20 bits per heavy atom. The predicted molar refractivity (Wildman–Crippen MR) is 185 cm³/mol. The number of benzene rings is 3. The van der Waals surface area contributed by atoms with Gasteiger partial charge in [0.2, 0.25) is 5.91 Å². The number of nitrogens with zero attached hydrogens (tertiary/aromatic N) is 3. The Labute approximate surface area is 293 Å². The SMILES string of the molecule is CC(C)(C)OC(=O)N[C@@H]1C(=O)N2C(C(=O)OC(c3ccccc3)c3ccccc3)=C(/C=C3\CCN(Cc4ccc([N+](=O)[O-])cc4)C3=O)CS[C@H]12. The molecule has 0 saturated carbocycles. The van der Waals surface area contributed by atoms with Crippen LogP contribution in [0.25, 0.3) is 0 Å². The number of hydrogen-bond donors (Lipinski definition) is 1. The third-order valence-corrected chi connectivity index (χ3v) is 9.68. The molecule has 1 N–H and O–H groups in total.